The van der Waals surface area contributed by atoms with Gasteiger partial charge in [-0.15, -0.1) is 0 Å². The van der Waals surface area contributed by atoms with Crippen molar-refractivity contribution in [3.05, 3.63) is 11.7 Å². The second-order valence-corrected chi connectivity index (χ2v) is 7.02. The maximum absolute atomic E-state index is 5.51. The Balaban J connectivity index is 1.95. The van der Waals surface area contributed by atoms with Gasteiger partial charge in [0.2, 0.25) is 5.89 Å². The number of rotatable bonds is 7. The molecular weight excluding hydrogens is 262 g/mol. The van der Waals surface area contributed by atoms with E-state index in [0.29, 0.717) is 17.9 Å². The molecule has 21 heavy (non-hydrogen) atoms. The summed E-state index contributed by atoms with van der Waals surface area (Å²) in [6, 6.07) is 0.420. The van der Waals surface area contributed by atoms with E-state index in [4.69, 9.17) is 4.52 Å². The zero-order chi connectivity index (χ0) is 15.2. The fourth-order valence-electron chi connectivity index (χ4n) is 3.25. The summed E-state index contributed by atoms with van der Waals surface area (Å²) in [6.07, 6.45) is 7.05. The smallest absolute Gasteiger partial charge is 0.228 e. The molecule has 3 atom stereocenters. The first-order chi connectivity index (χ1) is 10.1. The van der Waals surface area contributed by atoms with Crippen molar-refractivity contribution in [2.24, 2.45) is 11.8 Å². The van der Waals surface area contributed by atoms with Crippen molar-refractivity contribution >= 4 is 0 Å². The average molecular weight is 293 g/mol. The van der Waals surface area contributed by atoms with Gasteiger partial charge in [-0.2, -0.15) is 4.98 Å². The molecule has 1 aromatic heterocycles. The van der Waals surface area contributed by atoms with Crippen LogP contribution in [0.15, 0.2) is 4.52 Å². The van der Waals surface area contributed by atoms with E-state index in [1.807, 2.05) is 0 Å². The molecule has 1 aliphatic carbocycles. The van der Waals surface area contributed by atoms with E-state index in [9.17, 15) is 0 Å². The molecule has 0 bridgehead atoms. The number of hydrogen-bond acceptors (Lipinski definition) is 4. The van der Waals surface area contributed by atoms with Crippen molar-refractivity contribution in [1.82, 2.24) is 15.5 Å². The summed E-state index contributed by atoms with van der Waals surface area (Å²) in [5, 5.41) is 7.84. The predicted molar refractivity (Wildman–Crippen MR) is 85.3 cm³/mol. The van der Waals surface area contributed by atoms with E-state index in [0.717, 1.165) is 37.0 Å². The predicted octanol–water partition coefficient (Wildman–Crippen LogP) is 3.93. The van der Waals surface area contributed by atoms with Crippen molar-refractivity contribution in [1.29, 1.82) is 0 Å². The van der Waals surface area contributed by atoms with Crippen LogP contribution in [0.4, 0.5) is 0 Å². The van der Waals surface area contributed by atoms with Crippen LogP contribution >= 0.6 is 0 Å². The second-order valence-electron chi connectivity index (χ2n) is 7.02. The number of hydrogen-bond donors (Lipinski definition) is 1. The number of aromatic nitrogens is 2. The molecule has 2 rings (SSSR count). The Kier molecular flexibility index (Phi) is 6.22. The van der Waals surface area contributed by atoms with Crippen molar-refractivity contribution in [3.8, 4) is 0 Å². The second kappa shape index (κ2) is 7.92. The van der Waals surface area contributed by atoms with Crippen molar-refractivity contribution in [2.45, 2.75) is 78.2 Å². The van der Waals surface area contributed by atoms with Crippen molar-refractivity contribution in [2.75, 3.05) is 6.54 Å². The summed E-state index contributed by atoms with van der Waals surface area (Å²) in [6.45, 7) is 10.1. The molecule has 3 unspecified atom stereocenters. The van der Waals surface area contributed by atoms with Crippen LogP contribution in [0, 0.1) is 11.8 Å². The van der Waals surface area contributed by atoms with Gasteiger partial charge in [0.05, 0.1) is 0 Å². The third-order valence-corrected chi connectivity index (χ3v) is 4.64. The van der Waals surface area contributed by atoms with Crippen molar-refractivity contribution < 1.29 is 4.52 Å². The van der Waals surface area contributed by atoms with Gasteiger partial charge in [-0.3, -0.25) is 0 Å². The summed E-state index contributed by atoms with van der Waals surface area (Å²) in [4.78, 5) is 4.68. The van der Waals surface area contributed by atoms with Gasteiger partial charge >= 0.3 is 0 Å². The van der Waals surface area contributed by atoms with E-state index >= 15 is 0 Å². The molecule has 1 aromatic rings. The molecule has 1 fully saturated rings. The molecule has 1 saturated carbocycles. The van der Waals surface area contributed by atoms with Crippen LogP contribution < -0.4 is 5.32 Å². The van der Waals surface area contributed by atoms with E-state index in [2.05, 4.69) is 43.2 Å². The van der Waals surface area contributed by atoms with Crippen LogP contribution in [0.3, 0.4) is 0 Å². The molecule has 120 valence electrons. The Morgan fingerprint density at radius 3 is 2.81 bits per heavy atom. The molecule has 1 N–H and O–H groups in total. The maximum atomic E-state index is 5.51. The van der Waals surface area contributed by atoms with Gasteiger partial charge in [0.15, 0.2) is 5.82 Å². The summed E-state index contributed by atoms with van der Waals surface area (Å²) in [5.41, 5.74) is 0. The highest BCUT2D eigenvalue weighted by molar-refractivity contribution is 4.99. The van der Waals surface area contributed by atoms with Gasteiger partial charge in [0.25, 0.3) is 0 Å². The molecule has 0 amide bonds. The van der Waals surface area contributed by atoms with E-state index < -0.39 is 0 Å². The molecule has 4 nitrogen and oxygen atoms in total. The molecule has 4 heteroatoms. The minimum absolute atomic E-state index is 0.420. The van der Waals surface area contributed by atoms with E-state index in [1.54, 1.807) is 0 Å². The lowest BCUT2D eigenvalue weighted by Gasteiger charge is -2.24. The quantitative estimate of drug-likeness (QED) is 0.827. The van der Waals surface area contributed by atoms with Gasteiger partial charge in [-0.05, 0) is 37.6 Å². The lowest BCUT2D eigenvalue weighted by molar-refractivity contribution is 0.309. The van der Waals surface area contributed by atoms with E-state index in [1.165, 1.54) is 25.7 Å². The molecule has 0 radical (unpaired) electrons. The fourth-order valence-corrected chi connectivity index (χ4v) is 3.25. The Hall–Kier alpha value is -0.900. The lowest BCUT2D eigenvalue weighted by atomic mass is 9.82. The largest absolute Gasteiger partial charge is 0.339 e. The topological polar surface area (TPSA) is 51.0 Å². The molecular formula is C17H31N3O. The zero-order valence-electron chi connectivity index (χ0n) is 14.1. The van der Waals surface area contributed by atoms with Crippen LogP contribution in [0.25, 0.3) is 0 Å². The summed E-state index contributed by atoms with van der Waals surface area (Å²) < 4.78 is 5.51. The van der Waals surface area contributed by atoms with Gasteiger partial charge in [-0.1, -0.05) is 45.7 Å². The van der Waals surface area contributed by atoms with Crippen LogP contribution in [-0.2, 0) is 6.42 Å². The monoisotopic (exact) mass is 293 g/mol. The SMILES string of the molecule is CCCNC(Cc1nc(C2CCCC(C)C2)no1)C(C)C. The summed E-state index contributed by atoms with van der Waals surface area (Å²) in [5.74, 6) is 3.61. The maximum Gasteiger partial charge on any atom is 0.228 e. The van der Waals surface area contributed by atoms with Crippen molar-refractivity contribution in [3.63, 3.8) is 0 Å². The third-order valence-electron chi connectivity index (χ3n) is 4.64. The first kappa shape index (κ1) is 16.5. The average Bonchev–Trinajstić information content (AvgIpc) is 2.91. The minimum atomic E-state index is 0.420. The van der Waals surface area contributed by atoms with Crippen LogP contribution in [0.1, 0.15) is 77.4 Å². The number of nitrogens with one attached hydrogen (secondary N) is 1. The van der Waals surface area contributed by atoms with Gasteiger partial charge < -0.3 is 9.84 Å². The highest BCUT2D eigenvalue weighted by Gasteiger charge is 2.25. The Morgan fingerprint density at radius 1 is 1.33 bits per heavy atom. The van der Waals surface area contributed by atoms with Crippen LogP contribution in [-0.4, -0.2) is 22.7 Å². The third kappa shape index (κ3) is 4.80. The fraction of sp³-hybridized carbons (Fsp3) is 0.882. The van der Waals surface area contributed by atoms with Crippen LogP contribution in [0.2, 0.25) is 0 Å². The number of nitrogens with zero attached hydrogens (tertiary/aromatic N) is 2. The summed E-state index contributed by atoms with van der Waals surface area (Å²) in [7, 11) is 0. The van der Waals surface area contributed by atoms with Gasteiger partial charge in [0.1, 0.15) is 0 Å². The highest BCUT2D eigenvalue weighted by atomic mass is 16.5. The summed E-state index contributed by atoms with van der Waals surface area (Å²) >= 11 is 0. The van der Waals surface area contributed by atoms with Crippen LogP contribution in [0.5, 0.6) is 0 Å². The molecule has 1 aliphatic rings. The Labute approximate surface area is 129 Å². The molecule has 0 spiro atoms. The normalized spacial score (nSPS) is 24.4. The molecule has 0 saturated heterocycles. The zero-order valence-corrected chi connectivity index (χ0v) is 14.1. The molecule has 0 aromatic carbocycles. The van der Waals surface area contributed by atoms with Gasteiger partial charge in [-0.25, -0.2) is 0 Å². The van der Waals surface area contributed by atoms with Gasteiger partial charge in [0, 0.05) is 18.4 Å². The first-order valence-corrected chi connectivity index (χ1v) is 8.66. The minimum Gasteiger partial charge on any atom is -0.339 e. The highest BCUT2D eigenvalue weighted by Crippen LogP contribution is 2.34. The molecule has 0 aliphatic heterocycles. The lowest BCUT2D eigenvalue weighted by Crippen LogP contribution is -2.36. The Bertz CT molecular complexity index is 416. The van der Waals surface area contributed by atoms with E-state index in [-0.39, 0.29) is 0 Å². The first-order valence-electron chi connectivity index (χ1n) is 8.66. The Morgan fingerprint density at radius 2 is 2.14 bits per heavy atom. The molecule has 1 heterocycles. The standard InChI is InChI=1S/C17H31N3O/c1-5-9-18-15(12(2)3)11-16-19-17(20-21-16)14-8-6-7-13(4)10-14/h12-15,18H,5-11H2,1-4H3.